The van der Waals surface area contributed by atoms with Gasteiger partial charge in [0.15, 0.2) is 0 Å². The van der Waals surface area contributed by atoms with Crippen LogP contribution in [-0.2, 0) is 4.74 Å². The normalized spacial score (nSPS) is 21.9. The van der Waals surface area contributed by atoms with Crippen LogP contribution in [0.3, 0.4) is 0 Å². The molecule has 0 aromatic heterocycles. The average Bonchev–Trinajstić information content (AvgIpc) is 2.62. The molecule has 3 nitrogen and oxygen atoms in total. The van der Waals surface area contributed by atoms with Gasteiger partial charge < -0.3 is 9.64 Å². The van der Waals surface area contributed by atoms with Gasteiger partial charge in [0.1, 0.15) is 0 Å². The minimum Gasteiger partial charge on any atom is -0.383 e. The maximum Gasteiger partial charge on any atom is 0.0589 e. The molecule has 0 amide bonds. The Morgan fingerprint density at radius 2 is 2.38 bits per heavy atom. The summed E-state index contributed by atoms with van der Waals surface area (Å²) in [6, 6.07) is 0.677. The van der Waals surface area contributed by atoms with E-state index in [2.05, 4.69) is 39.4 Å². The van der Waals surface area contributed by atoms with E-state index in [9.17, 15) is 0 Å². The SMILES string of the molecule is C=C(Br)CN1CCC[C@H]1CN(C)CCOC. The van der Waals surface area contributed by atoms with Crippen molar-refractivity contribution in [2.45, 2.75) is 18.9 Å². The van der Waals surface area contributed by atoms with Crippen molar-refractivity contribution in [3.8, 4) is 0 Å². The molecule has 94 valence electrons. The third-order valence-corrected chi connectivity index (χ3v) is 3.32. The fraction of sp³-hybridized carbons (Fsp3) is 0.833. The summed E-state index contributed by atoms with van der Waals surface area (Å²) in [5, 5.41) is 0. The van der Waals surface area contributed by atoms with Crippen molar-refractivity contribution in [1.82, 2.24) is 9.80 Å². The monoisotopic (exact) mass is 290 g/mol. The molecule has 16 heavy (non-hydrogen) atoms. The lowest BCUT2D eigenvalue weighted by molar-refractivity contribution is 0.141. The summed E-state index contributed by atoms with van der Waals surface area (Å²) in [7, 11) is 3.92. The number of rotatable bonds is 7. The third kappa shape index (κ3) is 4.95. The van der Waals surface area contributed by atoms with Gasteiger partial charge in [-0.15, -0.1) is 0 Å². The standard InChI is InChI=1S/C12H23BrN2O/c1-11(13)9-15-6-4-5-12(15)10-14(2)7-8-16-3/h12H,1,4-10H2,2-3H3/t12-/m0/s1. The van der Waals surface area contributed by atoms with Crippen molar-refractivity contribution in [3.63, 3.8) is 0 Å². The van der Waals surface area contributed by atoms with Gasteiger partial charge in [-0.3, -0.25) is 4.90 Å². The van der Waals surface area contributed by atoms with Crippen LogP contribution in [0.2, 0.25) is 0 Å². The van der Waals surface area contributed by atoms with E-state index in [-0.39, 0.29) is 0 Å². The van der Waals surface area contributed by atoms with Crippen molar-refractivity contribution < 1.29 is 4.74 Å². The molecule has 4 heteroatoms. The smallest absolute Gasteiger partial charge is 0.0589 e. The summed E-state index contributed by atoms with van der Waals surface area (Å²) in [6.07, 6.45) is 2.61. The Labute approximate surface area is 108 Å². The lowest BCUT2D eigenvalue weighted by Crippen LogP contribution is -2.40. The quantitative estimate of drug-likeness (QED) is 0.713. The molecule has 0 unspecified atom stereocenters. The van der Waals surface area contributed by atoms with E-state index in [0.29, 0.717) is 6.04 Å². The molecule has 1 rings (SSSR count). The average molecular weight is 291 g/mol. The van der Waals surface area contributed by atoms with Crippen molar-refractivity contribution in [2.24, 2.45) is 0 Å². The van der Waals surface area contributed by atoms with Crippen LogP contribution in [0.5, 0.6) is 0 Å². The molecule has 0 aromatic carbocycles. The molecule has 1 aliphatic heterocycles. The van der Waals surface area contributed by atoms with E-state index in [1.807, 2.05) is 0 Å². The second-order valence-corrected chi connectivity index (χ2v) is 5.66. The minimum atomic E-state index is 0.677. The number of nitrogens with zero attached hydrogens (tertiary/aromatic N) is 2. The van der Waals surface area contributed by atoms with Crippen molar-refractivity contribution >= 4 is 15.9 Å². The summed E-state index contributed by atoms with van der Waals surface area (Å²) in [5.74, 6) is 0. The van der Waals surface area contributed by atoms with Gasteiger partial charge in [0, 0.05) is 37.3 Å². The van der Waals surface area contributed by atoms with Crippen LogP contribution in [0.25, 0.3) is 0 Å². The van der Waals surface area contributed by atoms with E-state index in [1.165, 1.54) is 19.4 Å². The Bertz CT molecular complexity index is 223. The largest absolute Gasteiger partial charge is 0.383 e. The zero-order valence-electron chi connectivity index (χ0n) is 10.4. The molecule has 0 aliphatic carbocycles. The molecular weight excluding hydrogens is 268 g/mol. The minimum absolute atomic E-state index is 0.677. The second kappa shape index (κ2) is 7.43. The van der Waals surface area contributed by atoms with Crippen LogP contribution in [0.4, 0.5) is 0 Å². The van der Waals surface area contributed by atoms with Crippen LogP contribution < -0.4 is 0 Å². The fourth-order valence-corrected chi connectivity index (χ4v) is 2.55. The highest BCUT2D eigenvalue weighted by atomic mass is 79.9. The van der Waals surface area contributed by atoms with Gasteiger partial charge >= 0.3 is 0 Å². The van der Waals surface area contributed by atoms with Gasteiger partial charge in [0.05, 0.1) is 6.61 Å². The molecular formula is C12H23BrN2O. The highest BCUT2D eigenvalue weighted by Gasteiger charge is 2.25. The van der Waals surface area contributed by atoms with Gasteiger partial charge in [-0.05, 0) is 26.4 Å². The summed E-state index contributed by atoms with van der Waals surface area (Å²) in [4.78, 5) is 4.86. The van der Waals surface area contributed by atoms with Crippen LogP contribution in [0.15, 0.2) is 11.1 Å². The highest BCUT2D eigenvalue weighted by Crippen LogP contribution is 2.20. The van der Waals surface area contributed by atoms with Crippen LogP contribution in [0.1, 0.15) is 12.8 Å². The Kier molecular flexibility index (Phi) is 6.58. The predicted molar refractivity (Wildman–Crippen MR) is 72.0 cm³/mol. The van der Waals surface area contributed by atoms with Crippen molar-refractivity contribution in [3.05, 3.63) is 11.1 Å². The summed E-state index contributed by atoms with van der Waals surface area (Å²) in [5.41, 5.74) is 0. The molecule has 0 aromatic rings. The molecule has 1 saturated heterocycles. The number of hydrogen-bond donors (Lipinski definition) is 0. The van der Waals surface area contributed by atoms with Gasteiger partial charge in [0.2, 0.25) is 0 Å². The van der Waals surface area contributed by atoms with Gasteiger partial charge in [-0.2, -0.15) is 0 Å². The first kappa shape index (κ1) is 14.2. The molecule has 1 atom stereocenters. The molecule has 1 heterocycles. The molecule has 1 fully saturated rings. The highest BCUT2D eigenvalue weighted by molar-refractivity contribution is 9.11. The van der Waals surface area contributed by atoms with E-state index < -0.39 is 0 Å². The zero-order chi connectivity index (χ0) is 12.0. The molecule has 0 spiro atoms. The first-order chi connectivity index (χ1) is 7.63. The van der Waals surface area contributed by atoms with Crippen molar-refractivity contribution in [2.75, 3.05) is 46.9 Å². The van der Waals surface area contributed by atoms with Crippen molar-refractivity contribution in [1.29, 1.82) is 0 Å². The maximum atomic E-state index is 5.09. The lowest BCUT2D eigenvalue weighted by atomic mass is 10.2. The fourth-order valence-electron chi connectivity index (χ4n) is 2.23. The topological polar surface area (TPSA) is 15.7 Å². The zero-order valence-corrected chi connectivity index (χ0v) is 12.0. The predicted octanol–water partition coefficient (Wildman–Crippen LogP) is 1.94. The lowest BCUT2D eigenvalue weighted by Gasteiger charge is -2.28. The number of hydrogen-bond acceptors (Lipinski definition) is 3. The molecule has 0 bridgehead atoms. The summed E-state index contributed by atoms with van der Waals surface area (Å²) in [6.45, 7) is 9.05. The molecule has 0 saturated carbocycles. The van der Waals surface area contributed by atoms with Gasteiger partial charge in [-0.1, -0.05) is 22.5 Å². The van der Waals surface area contributed by atoms with Gasteiger partial charge in [-0.25, -0.2) is 0 Å². The number of methoxy groups -OCH3 is 1. The second-order valence-electron chi connectivity index (χ2n) is 4.54. The van der Waals surface area contributed by atoms with E-state index in [1.54, 1.807) is 7.11 Å². The summed E-state index contributed by atoms with van der Waals surface area (Å²) >= 11 is 3.45. The third-order valence-electron chi connectivity index (χ3n) is 3.07. The number of likely N-dealkylation sites (N-methyl/N-ethyl adjacent to an activating group) is 1. The Balaban J connectivity index is 2.31. The Morgan fingerprint density at radius 1 is 1.62 bits per heavy atom. The molecule has 0 N–H and O–H groups in total. The maximum absolute atomic E-state index is 5.09. The van der Waals surface area contributed by atoms with E-state index in [4.69, 9.17) is 4.74 Å². The number of halogens is 1. The van der Waals surface area contributed by atoms with Gasteiger partial charge in [0.25, 0.3) is 0 Å². The van der Waals surface area contributed by atoms with Crippen LogP contribution in [-0.4, -0.2) is 62.8 Å². The van der Waals surface area contributed by atoms with E-state index >= 15 is 0 Å². The van der Waals surface area contributed by atoms with Crippen LogP contribution >= 0.6 is 15.9 Å². The molecule has 0 radical (unpaired) electrons. The first-order valence-corrected chi connectivity index (χ1v) is 6.67. The first-order valence-electron chi connectivity index (χ1n) is 5.88. The number of likely N-dealkylation sites (tertiary alicyclic amines) is 1. The number of ether oxygens (including phenoxy) is 1. The Morgan fingerprint density at radius 3 is 3.00 bits per heavy atom. The molecule has 1 aliphatic rings. The van der Waals surface area contributed by atoms with Crippen LogP contribution in [0, 0.1) is 0 Å². The van der Waals surface area contributed by atoms with E-state index in [0.717, 1.165) is 30.7 Å². The Hall–Kier alpha value is 0.1000. The summed E-state index contributed by atoms with van der Waals surface area (Å²) < 4.78 is 6.17.